The molecular weight excluding hydrogens is 157 g/mol. The molecule has 0 saturated heterocycles. The Labute approximate surface area is 60.9 Å². The van der Waals surface area contributed by atoms with Crippen LogP contribution in [0.15, 0.2) is 0 Å². The van der Waals surface area contributed by atoms with Crippen LogP contribution in [0.5, 0.6) is 0 Å². The number of rotatable bonds is 3. The van der Waals surface area contributed by atoms with E-state index in [1.165, 1.54) is 4.67 Å². The van der Waals surface area contributed by atoms with Crippen molar-refractivity contribution in [1.29, 1.82) is 0 Å². The van der Waals surface area contributed by atoms with Crippen molar-refractivity contribution in [3.8, 4) is 0 Å². The van der Waals surface area contributed by atoms with Gasteiger partial charge in [0, 0.05) is 0 Å². The van der Waals surface area contributed by atoms with Crippen molar-refractivity contribution in [3.05, 3.63) is 0 Å². The first-order valence-electron chi connectivity index (χ1n) is 2.66. The van der Waals surface area contributed by atoms with Crippen molar-refractivity contribution in [2.24, 2.45) is 0 Å². The Morgan fingerprint density at radius 2 is 2.11 bits per heavy atom. The first kappa shape index (κ1) is 9.53. The summed E-state index contributed by atoms with van der Waals surface area (Å²) >= 11 is 4.74. The van der Waals surface area contributed by atoms with Crippen molar-refractivity contribution in [3.63, 3.8) is 0 Å². The van der Waals surface area contributed by atoms with E-state index in [1.807, 2.05) is 0 Å². The third-order valence-corrected chi connectivity index (χ3v) is 3.70. The maximum Gasteiger partial charge on any atom is 0.260 e. The summed E-state index contributed by atoms with van der Waals surface area (Å²) in [5.74, 6) is 0. The van der Waals surface area contributed by atoms with Gasteiger partial charge in [-0.05, 0) is 32.8 Å². The van der Waals surface area contributed by atoms with Crippen LogP contribution < -0.4 is 0 Å². The Kier molecular flexibility index (Phi) is 3.85. The van der Waals surface area contributed by atoms with E-state index in [1.54, 1.807) is 21.0 Å². The molecule has 1 N–H and O–H groups in total. The topological polar surface area (TPSA) is 32.7 Å². The second-order valence-electron chi connectivity index (χ2n) is 1.76. The maximum absolute atomic E-state index is 9.22. The van der Waals surface area contributed by atoms with Crippen molar-refractivity contribution in [2.75, 3.05) is 20.7 Å². The first-order chi connectivity index (χ1) is 4.00. The minimum absolute atomic E-state index is 0.464. The van der Waals surface area contributed by atoms with Gasteiger partial charge in [0.25, 0.3) is 6.64 Å². The molecule has 0 saturated carbocycles. The smallest absolute Gasteiger partial charge is 0.260 e. The van der Waals surface area contributed by atoms with Gasteiger partial charge in [-0.1, -0.05) is 0 Å². The molecule has 0 spiro atoms. The zero-order chi connectivity index (χ0) is 7.49. The van der Waals surface area contributed by atoms with Crippen LogP contribution >= 0.6 is 6.64 Å². The van der Waals surface area contributed by atoms with E-state index >= 15 is 0 Å². The van der Waals surface area contributed by atoms with E-state index in [2.05, 4.69) is 0 Å². The highest BCUT2D eigenvalue weighted by Crippen LogP contribution is 2.43. The van der Waals surface area contributed by atoms with Gasteiger partial charge >= 0.3 is 0 Å². The van der Waals surface area contributed by atoms with Gasteiger partial charge in [0.15, 0.2) is 0 Å². The SMILES string of the molecule is CCOP(O)(=S)N(C)C. The predicted octanol–water partition coefficient (Wildman–Crippen LogP) is 0.801. The highest BCUT2D eigenvalue weighted by atomic mass is 32.5. The molecule has 0 amide bonds. The third-order valence-electron chi connectivity index (χ3n) is 0.803. The van der Waals surface area contributed by atoms with Crippen molar-refractivity contribution >= 4 is 18.4 Å². The van der Waals surface area contributed by atoms with Crippen molar-refractivity contribution in [1.82, 2.24) is 4.67 Å². The standard InChI is InChI=1S/C4H12NO2PS/c1-4-7-8(6,9)5(2)3/h4H2,1-3H3,(H,6,9). The fraction of sp³-hybridized carbons (Fsp3) is 1.00. The lowest BCUT2D eigenvalue weighted by atomic mass is 10.9. The Balaban J connectivity index is 3.87. The highest BCUT2D eigenvalue weighted by Gasteiger charge is 2.14. The molecule has 3 nitrogen and oxygen atoms in total. The fourth-order valence-corrected chi connectivity index (χ4v) is 1.17. The molecule has 0 bridgehead atoms. The van der Waals surface area contributed by atoms with Crippen LogP contribution in [0.4, 0.5) is 0 Å². The number of nitrogens with zero attached hydrogens (tertiary/aromatic N) is 1. The van der Waals surface area contributed by atoms with Gasteiger partial charge in [-0.2, -0.15) is 0 Å². The van der Waals surface area contributed by atoms with Crippen molar-refractivity contribution in [2.45, 2.75) is 6.92 Å². The summed E-state index contributed by atoms with van der Waals surface area (Å²) in [5.41, 5.74) is 0. The minimum atomic E-state index is -2.60. The van der Waals surface area contributed by atoms with E-state index in [0.29, 0.717) is 6.61 Å². The van der Waals surface area contributed by atoms with E-state index in [0.717, 1.165) is 0 Å². The van der Waals surface area contributed by atoms with Crippen LogP contribution in [0.2, 0.25) is 0 Å². The summed E-state index contributed by atoms with van der Waals surface area (Å²) in [6.45, 7) is -0.327. The van der Waals surface area contributed by atoms with Crippen LogP contribution in [0.3, 0.4) is 0 Å². The monoisotopic (exact) mass is 169 g/mol. The molecule has 0 aromatic carbocycles. The van der Waals surface area contributed by atoms with Crippen LogP contribution in [-0.4, -0.2) is 30.3 Å². The molecule has 1 unspecified atom stereocenters. The molecule has 56 valence electrons. The average Bonchev–Trinajstić information content (AvgIpc) is 1.65. The van der Waals surface area contributed by atoms with E-state index < -0.39 is 6.64 Å². The normalized spacial score (nSPS) is 17.9. The van der Waals surface area contributed by atoms with Crippen LogP contribution in [0, 0.1) is 0 Å². The van der Waals surface area contributed by atoms with Gasteiger partial charge in [0.2, 0.25) is 0 Å². The summed E-state index contributed by atoms with van der Waals surface area (Å²) in [5, 5.41) is 0. The molecule has 0 aromatic rings. The second-order valence-corrected chi connectivity index (χ2v) is 5.22. The molecule has 0 aliphatic rings. The lowest BCUT2D eigenvalue weighted by Crippen LogP contribution is -2.09. The molecule has 0 aliphatic heterocycles. The third kappa shape index (κ3) is 3.28. The lowest BCUT2D eigenvalue weighted by Gasteiger charge is -2.20. The summed E-state index contributed by atoms with van der Waals surface area (Å²) in [6.07, 6.45) is 0. The van der Waals surface area contributed by atoms with Crippen LogP contribution in [0.1, 0.15) is 6.92 Å². The zero-order valence-corrected chi connectivity index (χ0v) is 7.58. The summed E-state index contributed by atoms with van der Waals surface area (Å²) in [4.78, 5) is 9.22. The molecule has 0 aliphatic carbocycles. The van der Waals surface area contributed by atoms with Gasteiger partial charge in [-0.25, -0.2) is 4.67 Å². The quantitative estimate of drug-likeness (QED) is 0.633. The van der Waals surface area contributed by atoms with Gasteiger partial charge in [-0.15, -0.1) is 0 Å². The maximum atomic E-state index is 9.22. The van der Waals surface area contributed by atoms with Crippen LogP contribution in [0.25, 0.3) is 0 Å². The van der Waals surface area contributed by atoms with E-state index in [-0.39, 0.29) is 0 Å². The molecule has 0 radical (unpaired) electrons. The van der Waals surface area contributed by atoms with Gasteiger partial charge in [-0.3, -0.25) is 0 Å². The van der Waals surface area contributed by atoms with Gasteiger partial charge < -0.3 is 9.42 Å². The largest absolute Gasteiger partial charge is 0.334 e. The van der Waals surface area contributed by atoms with E-state index in [4.69, 9.17) is 16.3 Å². The van der Waals surface area contributed by atoms with Crippen LogP contribution in [-0.2, 0) is 16.3 Å². The first-order valence-corrected chi connectivity index (χ1v) is 5.28. The fourth-order valence-electron chi connectivity index (χ4n) is 0.284. The Hall–Kier alpha value is 0.530. The predicted molar refractivity (Wildman–Crippen MR) is 41.8 cm³/mol. The summed E-state index contributed by atoms with van der Waals surface area (Å²) in [7, 11) is 3.41. The zero-order valence-electron chi connectivity index (χ0n) is 5.87. The molecule has 1 atom stereocenters. The second kappa shape index (κ2) is 3.64. The number of hydrogen-bond acceptors (Lipinski definition) is 2. The summed E-state index contributed by atoms with van der Waals surface area (Å²) < 4.78 is 6.43. The Morgan fingerprint density at radius 1 is 1.67 bits per heavy atom. The molecular formula is C4H12NO2PS. The summed E-state index contributed by atoms with van der Waals surface area (Å²) in [6, 6.07) is 0. The molecule has 0 heterocycles. The molecule has 0 fully saturated rings. The van der Waals surface area contributed by atoms with Gasteiger partial charge in [0.05, 0.1) is 6.61 Å². The molecule has 9 heavy (non-hydrogen) atoms. The van der Waals surface area contributed by atoms with Gasteiger partial charge in [0.1, 0.15) is 0 Å². The average molecular weight is 169 g/mol. The Bertz CT molecular complexity index is 128. The lowest BCUT2D eigenvalue weighted by molar-refractivity contribution is 0.290. The number of hydrogen-bond donors (Lipinski definition) is 1. The van der Waals surface area contributed by atoms with E-state index in [9.17, 15) is 4.89 Å². The molecule has 0 aromatic heterocycles. The molecule has 0 rings (SSSR count). The van der Waals surface area contributed by atoms with Crippen molar-refractivity contribution < 1.29 is 9.42 Å². The molecule has 5 heteroatoms. The Morgan fingerprint density at radius 3 is 2.22 bits per heavy atom. The highest BCUT2D eigenvalue weighted by molar-refractivity contribution is 8.08. The minimum Gasteiger partial charge on any atom is -0.334 e.